The summed E-state index contributed by atoms with van der Waals surface area (Å²) in [5, 5.41) is 0. The number of anilines is 1. The van der Waals surface area contributed by atoms with Gasteiger partial charge in [-0.05, 0) is 30.7 Å². The molecule has 1 heterocycles. The summed E-state index contributed by atoms with van der Waals surface area (Å²) in [6.07, 6.45) is 0. The maximum atomic E-state index is 12.2. The van der Waals surface area contributed by atoms with E-state index < -0.39 is 15.9 Å². The van der Waals surface area contributed by atoms with Gasteiger partial charge in [0.1, 0.15) is 4.90 Å². The number of benzene rings is 1. The Morgan fingerprint density at radius 2 is 2.17 bits per heavy atom. The first-order valence-electron chi connectivity index (χ1n) is 5.10. The fraction of sp³-hybridized carbons (Fsp3) is 0.182. The largest absolute Gasteiger partial charge is 0.399 e. The summed E-state index contributed by atoms with van der Waals surface area (Å²) < 4.78 is 25.1. The van der Waals surface area contributed by atoms with Crippen molar-refractivity contribution in [1.82, 2.24) is 4.31 Å². The van der Waals surface area contributed by atoms with Crippen LogP contribution in [0.25, 0.3) is 0 Å². The maximum Gasteiger partial charge on any atom is 0.269 e. The maximum absolute atomic E-state index is 12.2. The van der Waals surface area contributed by atoms with Crippen molar-refractivity contribution >= 4 is 33.2 Å². The highest BCUT2D eigenvalue weighted by Crippen LogP contribution is 2.31. The van der Waals surface area contributed by atoms with Crippen LogP contribution in [0.5, 0.6) is 0 Å². The first-order valence-corrected chi connectivity index (χ1v) is 6.98. The standard InChI is InChI=1S/C11H11ClN2O3S/c1-7(5-12)6-14-11(15)9-4-8(13)2-3-10(9)18(14,16)17/h2-5H,6,13H2,1H3/b7-5-. The number of sulfonamides is 1. The van der Waals surface area contributed by atoms with E-state index in [2.05, 4.69) is 0 Å². The van der Waals surface area contributed by atoms with Crippen molar-refractivity contribution in [3.8, 4) is 0 Å². The van der Waals surface area contributed by atoms with Gasteiger partial charge in [-0.15, -0.1) is 0 Å². The Morgan fingerprint density at radius 3 is 2.78 bits per heavy atom. The van der Waals surface area contributed by atoms with Gasteiger partial charge in [0.05, 0.1) is 12.1 Å². The van der Waals surface area contributed by atoms with Gasteiger partial charge in [0.2, 0.25) is 0 Å². The smallest absolute Gasteiger partial charge is 0.269 e. The second kappa shape index (κ2) is 4.29. The molecule has 0 saturated heterocycles. The van der Waals surface area contributed by atoms with Crippen molar-refractivity contribution < 1.29 is 13.2 Å². The fourth-order valence-electron chi connectivity index (χ4n) is 1.72. The predicted molar refractivity (Wildman–Crippen MR) is 68.7 cm³/mol. The summed E-state index contributed by atoms with van der Waals surface area (Å²) in [7, 11) is -3.79. The van der Waals surface area contributed by atoms with Crippen LogP contribution >= 0.6 is 11.6 Å². The van der Waals surface area contributed by atoms with Gasteiger partial charge in [0, 0.05) is 11.2 Å². The minimum Gasteiger partial charge on any atom is -0.399 e. The summed E-state index contributed by atoms with van der Waals surface area (Å²) in [6.45, 7) is 1.59. The summed E-state index contributed by atoms with van der Waals surface area (Å²) >= 11 is 5.49. The normalized spacial score (nSPS) is 18.0. The number of halogens is 1. The lowest BCUT2D eigenvalue weighted by molar-refractivity contribution is 0.0878. The number of carbonyl (C=O) groups excluding carboxylic acids is 1. The van der Waals surface area contributed by atoms with Crippen LogP contribution in [0.1, 0.15) is 17.3 Å². The van der Waals surface area contributed by atoms with Crippen molar-refractivity contribution in [2.24, 2.45) is 0 Å². The lowest BCUT2D eigenvalue weighted by Gasteiger charge is -2.14. The van der Waals surface area contributed by atoms with E-state index in [9.17, 15) is 13.2 Å². The molecule has 0 fully saturated rings. The monoisotopic (exact) mass is 286 g/mol. The van der Waals surface area contributed by atoms with Crippen LogP contribution in [0.3, 0.4) is 0 Å². The van der Waals surface area contributed by atoms with E-state index >= 15 is 0 Å². The van der Waals surface area contributed by atoms with Gasteiger partial charge in [-0.25, -0.2) is 12.7 Å². The Hall–Kier alpha value is -1.53. The molecule has 0 bridgehead atoms. The van der Waals surface area contributed by atoms with Gasteiger partial charge in [0.15, 0.2) is 0 Å². The van der Waals surface area contributed by atoms with Gasteiger partial charge >= 0.3 is 0 Å². The van der Waals surface area contributed by atoms with Crippen molar-refractivity contribution in [2.45, 2.75) is 11.8 Å². The van der Waals surface area contributed by atoms with Crippen molar-refractivity contribution in [1.29, 1.82) is 0 Å². The predicted octanol–water partition coefficient (Wildman–Crippen LogP) is 1.56. The third-order valence-corrected chi connectivity index (χ3v) is 4.77. The average Bonchev–Trinajstić information content (AvgIpc) is 2.50. The Morgan fingerprint density at radius 1 is 1.50 bits per heavy atom. The molecular weight excluding hydrogens is 276 g/mol. The molecule has 2 rings (SSSR count). The quantitative estimate of drug-likeness (QED) is 0.837. The Balaban J connectivity index is 2.54. The zero-order chi connectivity index (χ0) is 13.5. The molecule has 0 spiro atoms. The topological polar surface area (TPSA) is 80.5 Å². The second-order valence-electron chi connectivity index (χ2n) is 4.03. The van der Waals surface area contributed by atoms with E-state index in [4.69, 9.17) is 17.3 Å². The average molecular weight is 287 g/mol. The minimum absolute atomic E-state index is 0.0101. The van der Waals surface area contributed by atoms with Crippen LogP contribution in [-0.2, 0) is 10.0 Å². The molecule has 1 aromatic rings. The van der Waals surface area contributed by atoms with E-state index in [1.165, 1.54) is 23.7 Å². The minimum atomic E-state index is -3.79. The summed E-state index contributed by atoms with van der Waals surface area (Å²) in [6, 6.07) is 4.17. The number of hydrogen-bond acceptors (Lipinski definition) is 4. The summed E-state index contributed by atoms with van der Waals surface area (Å²) in [5.41, 5.74) is 7.84. The Bertz CT molecular complexity index is 652. The first-order chi connectivity index (χ1) is 8.37. The third-order valence-electron chi connectivity index (χ3n) is 2.61. The Labute approximate surface area is 110 Å². The number of fused-ring (bicyclic) bond motifs is 1. The van der Waals surface area contributed by atoms with Gasteiger partial charge in [-0.1, -0.05) is 11.6 Å². The molecule has 0 radical (unpaired) electrons. The molecule has 0 atom stereocenters. The summed E-state index contributed by atoms with van der Waals surface area (Å²) in [4.78, 5) is 12.0. The number of hydrogen-bond donors (Lipinski definition) is 1. The molecule has 1 aliphatic rings. The van der Waals surface area contributed by atoms with Crippen molar-refractivity contribution in [3.63, 3.8) is 0 Å². The van der Waals surface area contributed by atoms with Crippen molar-refractivity contribution in [2.75, 3.05) is 12.3 Å². The van der Waals surface area contributed by atoms with E-state index in [0.717, 1.165) is 4.31 Å². The zero-order valence-electron chi connectivity index (χ0n) is 9.55. The van der Waals surface area contributed by atoms with E-state index in [1.807, 2.05) is 0 Å². The van der Waals surface area contributed by atoms with Gasteiger partial charge in [-0.2, -0.15) is 0 Å². The van der Waals surface area contributed by atoms with Crippen LogP contribution in [-0.4, -0.2) is 25.2 Å². The van der Waals surface area contributed by atoms with Gasteiger partial charge < -0.3 is 5.73 Å². The molecule has 96 valence electrons. The molecule has 18 heavy (non-hydrogen) atoms. The number of carbonyl (C=O) groups is 1. The lowest BCUT2D eigenvalue weighted by Crippen LogP contribution is -2.31. The van der Waals surface area contributed by atoms with Crippen LogP contribution < -0.4 is 5.73 Å². The molecule has 5 nitrogen and oxygen atoms in total. The second-order valence-corrected chi connectivity index (χ2v) is 6.08. The van der Waals surface area contributed by atoms with E-state index in [0.29, 0.717) is 11.3 Å². The van der Waals surface area contributed by atoms with Gasteiger partial charge in [0.25, 0.3) is 15.9 Å². The van der Waals surface area contributed by atoms with Gasteiger partial charge in [-0.3, -0.25) is 4.79 Å². The molecule has 0 unspecified atom stereocenters. The van der Waals surface area contributed by atoms with E-state index in [1.54, 1.807) is 6.92 Å². The van der Waals surface area contributed by atoms with Crippen LogP contribution in [0.4, 0.5) is 5.69 Å². The number of nitrogens with zero attached hydrogens (tertiary/aromatic N) is 1. The molecule has 0 aromatic heterocycles. The molecule has 0 aliphatic carbocycles. The fourth-order valence-corrected chi connectivity index (χ4v) is 3.38. The molecule has 0 saturated carbocycles. The number of rotatable bonds is 2. The van der Waals surface area contributed by atoms with E-state index in [-0.39, 0.29) is 17.0 Å². The number of amides is 1. The molecule has 2 N–H and O–H groups in total. The third kappa shape index (κ3) is 1.87. The van der Waals surface area contributed by atoms with Crippen LogP contribution in [0.15, 0.2) is 34.2 Å². The van der Waals surface area contributed by atoms with Crippen molar-refractivity contribution in [3.05, 3.63) is 34.9 Å². The molecule has 1 amide bonds. The molecule has 1 aromatic carbocycles. The molecule has 1 aliphatic heterocycles. The SMILES string of the molecule is C/C(=C/Cl)CN1C(=O)c2cc(N)ccc2S1(=O)=O. The molecule has 7 heteroatoms. The highest BCUT2D eigenvalue weighted by atomic mass is 35.5. The highest BCUT2D eigenvalue weighted by Gasteiger charge is 2.40. The number of nitrogens with two attached hydrogens (primary N) is 1. The highest BCUT2D eigenvalue weighted by molar-refractivity contribution is 7.90. The first kappa shape index (κ1) is 12.9. The summed E-state index contributed by atoms with van der Waals surface area (Å²) in [5.74, 6) is -0.574. The Kier molecular flexibility index (Phi) is 3.08. The lowest BCUT2D eigenvalue weighted by atomic mass is 10.2. The van der Waals surface area contributed by atoms with Crippen LogP contribution in [0.2, 0.25) is 0 Å². The zero-order valence-corrected chi connectivity index (χ0v) is 11.1. The number of nitrogen functional groups attached to an aromatic ring is 1. The van der Waals surface area contributed by atoms with Crippen LogP contribution in [0, 0.1) is 0 Å². The molecular formula is C11H11ClN2O3S.